The second-order valence-corrected chi connectivity index (χ2v) is 10.3. The van der Waals surface area contributed by atoms with E-state index < -0.39 is 0 Å². The molecule has 4 aromatic rings. The van der Waals surface area contributed by atoms with Crippen molar-refractivity contribution < 1.29 is 9.53 Å². The van der Waals surface area contributed by atoms with Crippen LogP contribution in [0.5, 0.6) is 5.75 Å². The van der Waals surface area contributed by atoms with Crippen LogP contribution in [0.15, 0.2) is 80.9 Å². The molecule has 1 N–H and O–H groups in total. The third-order valence-corrected chi connectivity index (χ3v) is 7.59. The number of aromatic nitrogens is 1. The van der Waals surface area contributed by atoms with Crippen molar-refractivity contribution in [3.8, 4) is 5.75 Å². The zero-order valence-electron chi connectivity index (χ0n) is 19.9. The van der Waals surface area contributed by atoms with Crippen molar-refractivity contribution in [3.63, 3.8) is 0 Å². The fraction of sp³-hybridized carbons (Fsp3) is 0.214. The summed E-state index contributed by atoms with van der Waals surface area (Å²) in [5.74, 6) is 0.604. The predicted molar refractivity (Wildman–Crippen MR) is 149 cm³/mol. The maximum atomic E-state index is 12.5. The number of halogens is 2. The summed E-state index contributed by atoms with van der Waals surface area (Å²) in [6.45, 7) is 6.80. The van der Waals surface area contributed by atoms with Gasteiger partial charge in [0, 0.05) is 33.7 Å². The van der Waals surface area contributed by atoms with Gasteiger partial charge in [-0.3, -0.25) is 4.79 Å². The Morgan fingerprint density at radius 1 is 1.11 bits per heavy atom. The molecule has 180 valence electrons. The molecule has 0 aliphatic rings. The number of hydrogen-bond donors (Lipinski definition) is 1. The lowest BCUT2D eigenvalue weighted by Crippen LogP contribution is -2.25. The van der Waals surface area contributed by atoms with Gasteiger partial charge in [-0.1, -0.05) is 78.3 Å². The first-order chi connectivity index (χ1) is 16.8. The van der Waals surface area contributed by atoms with E-state index in [2.05, 4.69) is 91.3 Å². The summed E-state index contributed by atoms with van der Waals surface area (Å²) >= 11 is 7.20. The lowest BCUT2D eigenvalue weighted by atomic mass is 10.0. The standard InChI is InChI=1S/C28H27Br2N3O2/c1-18(2)23-13-24(29)19(3)27(30)28(23)35-17-26(34)32-31-14-21-16-33(15-20-9-5-4-6-10-20)25-12-8-7-11-22(21)25/h4-14,16,18H,15,17H2,1-3H3,(H,32,34)/b31-14+. The van der Waals surface area contributed by atoms with Gasteiger partial charge in [-0.05, 0) is 57.6 Å². The number of amides is 1. The summed E-state index contributed by atoms with van der Waals surface area (Å²) in [6, 6.07) is 20.5. The van der Waals surface area contributed by atoms with Crippen molar-refractivity contribution in [1.29, 1.82) is 0 Å². The van der Waals surface area contributed by atoms with Crippen molar-refractivity contribution in [2.75, 3.05) is 6.61 Å². The minimum Gasteiger partial charge on any atom is -0.482 e. The van der Waals surface area contributed by atoms with Crippen LogP contribution < -0.4 is 10.2 Å². The zero-order chi connectivity index (χ0) is 24.9. The van der Waals surface area contributed by atoms with Crippen LogP contribution in [0.3, 0.4) is 0 Å². The van der Waals surface area contributed by atoms with E-state index >= 15 is 0 Å². The van der Waals surface area contributed by atoms with Gasteiger partial charge in [-0.25, -0.2) is 5.43 Å². The second-order valence-electron chi connectivity index (χ2n) is 8.67. The minimum absolute atomic E-state index is 0.132. The van der Waals surface area contributed by atoms with E-state index in [0.717, 1.165) is 43.1 Å². The molecule has 4 rings (SSSR count). The molecule has 7 heteroatoms. The van der Waals surface area contributed by atoms with Crippen molar-refractivity contribution in [3.05, 3.63) is 98.1 Å². The maximum absolute atomic E-state index is 12.5. The van der Waals surface area contributed by atoms with Gasteiger partial charge in [-0.15, -0.1) is 0 Å². The number of ether oxygens (including phenoxy) is 1. The molecule has 0 aliphatic carbocycles. The molecule has 1 amide bonds. The smallest absolute Gasteiger partial charge is 0.277 e. The molecular weight excluding hydrogens is 570 g/mol. The average Bonchev–Trinajstić information content (AvgIpc) is 3.19. The molecule has 0 atom stereocenters. The Morgan fingerprint density at radius 3 is 2.57 bits per heavy atom. The van der Waals surface area contributed by atoms with E-state index in [1.165, 1.54) is 5.56 Å². The largest absolute Gasteiger partial charge is 0.482 e. The molecule has 0 aliphatic heterocycles. The Hall–Kier alpha value is -2.90. The van der Waals surface area contributed by atoms with Crippen molar-refractivity contribution in [1.82, 2.24) is 9.99 Å². The number of fused-ring (bicyclic) bond motifs is 1. The van der Waals surface area contributed by atoms with Crippen LogP contribution in [0.1, 0.15) is 42.0 Å². The second kappa shape index (κ2) is 11.2. The van der Waals surface area contributed by atoms with Crippen LogP contribution in [0.2, 0.25) is 0 Å². The first kappa shape index (κ1) is 25.2. The Labute approximate surface area is 222 Å². The fourth-order valence-electron chi connectivity index (χ4n) is 3.92. The Morgan fingerprint density at radius 2 is 1.83 bits per heavy atom. The molecule has 0 radical (unpaired) electrons. The minimum atomic E-state index is -0.323. The third kappa shape index (κ3) is 5.85. The van der Waals surface area contributed by atoms with Gasteiger partial charge < -0.3 is 9.30 Å². The van der Waals surface area contributed by atoms with Crippen LogP contribution in [0.4, 0.5) is 0 Å². The number of hydrogen-bond acceptors (Lipinski definition) is 3. The summed E-state index contributed by atoms with van der Waals surface area (Å²) in [7, 11) is 0. The highest BCUT2D eigenvalue weighted by Crippen LogP contribution is 2.40. The molecule has 0 saturated carbocycles. The van der Waals surface area contributed by atoms with Crippen LogP contribution >= 0.6 is 31.9 Å². The van der Waals surface area contributed by atoms with E-state index in [1.54, 1.807) is 6.21 Å². The number of nitrogens with zero attached hydrogens (tertiary/aromatic N) is 2. The number of carbonyl (C=O) groups excluding carboxylic acids is 1. The molecule has 35 heavy (non-hydrogen) atoms. The Kier molecular flexibility index (Phi) is 8.08. The number of hydrazone groups is 1. The zero-order valence-corrected chi connectivity index (χ0v) is 23.1. The highest BCUT2D eigenvalue weighted by atomic mass is 79.9. The first-order valence-corrected chi connectivity index (χ1v) is 13.0. The topological polar surface area (TPSA) is 55.6 Å². The number of carbonyl (C=O) groups is 1. The summed E-state index contributed by atoms with van der Waals surface area (Å²) in [5.41, 5.74) is 7.91. The monoisotopic (exact) mass is 595 g/mol. The Balaban J connectivity index is 1.45. The molecule has 3 aromatic carbocycles. The Bertz CT molecular complexity index is 1380. The van der Waals surface area contributed by atoms with E-state index in [1.807, 2.05) is 43.3 Å². The fourth-order valence-corrected chi connectivity index (χ4v) is 5.19. The normalized spacial score (nSPS) is 11.5. The highest BCUT2D eigenvalue weighted by Gasteiger charge is 2.17. The van der Waals surface area contributed by atoms with E-state index in [-0.39, 0.29) is 18.4 Å². The molecule has 1 heterocycles. The summed E-state index contributed by atoms with van der Waals surface area (Å²) in [6.07, 6.45) is 3.74. The van der Waals surface area contributed by atoms with E-state index in [4.69, 9.17) is 4.74 Å². The summed E-state index contributed by atoms with van der Waals surface area (Å²) < 4.78 is 9.95. The maximum Gasteiger partial charge on any atom is 0.277 e. The van der Waals surface area contributed by atoms with Crippen LogP contribution in [0, 0.1) is 6.92 Å². The number of benzene rings is 3. The van der Waals surface area contributed by atoms with Gasteiger partial charge >= 0.3 is 0 Å². The number of para-hydroxylation sites is 1. The van der Waals surface area contributed by atoms with E-state index in [0.29, 0.717) is 5.75 Å². The lowest BCUT2D eigenvalue weighted by Gasteiger charge is -2.18. The summed E-state index contributed by atoms with van der Waals surface area (Å²) in [5, 5.41) is 5.28. The van der Waals surface area contributed by atoms with Gasteiger partial charge in [0.25, 0.3) is 5.91 Å². The quantitative estimate of drug-likeness (QED) is 0.173. The number of nitrogens with one attached hydrogen (secondary N) is 1. The molecule has 0 saturated heterocycles. The van der Waals surface area contributed by atoms with Crippen LogP contribution in [-0.2, 0) is 11.3 Å². The third-order valence-electron chi connectivity index (χ3n) is 5.81. The predicted octanol–water partition coefficient (Wildman–Crippen LogP) is 7.18. The van der Waals surface area contributed by atoms with E-state index in [9.17, 15) is 4.79 Å². The molecule has 0 unspecified atom stereocenters. The van der Waals surface area contributed by atoms with Crippen molar-refractivity contribution in [2.45, 2.75) is 33.2 Å². The number of rotatable bonds is 8. The molecule has 0 fully saturated rings. The van der Waals surface area contributed by atoms with Gasteiger partial charge in [0.05, 0.1) is 10.7 Å². The van der Waals surface area contributed by atoms with Crippen LogP contribution in [0.25, 0.3) is 10.9 Å². The first-order valence-electron chi connectivity index (χ1n) is 11.4. The van der Waals surface area contributed by atoms with Crippen molar-refractivity contribution >= 4 is 54.9 Å². The van der Waals surface area contributed by atoms with Gasteiger partial charge in [0.1, 0.15) is 5.75 Å². The lowest BCUT2D eigenvalue weighted by molar-refractivity contribution is -0.123. The van der Waals surface area contributed by atoms with Crippen molar-refractivity contribution in [2.24, 2.45) is 5.10 Å². The molecule has 5 nitrogen and oxygen atoms in total. The van der Waals surface area contributed by atoms with Gasteiger partial charge in [0.2, 0.25) is 0 Å². The van der Waals surface area contributed by atoms with Crippen LogP contribution in [-0.4, -0.2) is 23.3 Å². The molecular formula is C28H27Br2N3O2. The average molecular weight is 597 g/mol. The van der Waals surface area contributed by atoms with Gasteiger partial charge in [0.15, 0.2) is 6.61 Å². The molecule has 1 aromatic heterocycles. The summed E-state index contributed by atoms with van der Waals surface area (Å²) in [4.78, 5) is 12.5. The molecule has 0 bridgehead atoms. The van der Waals surface area contributed by atoms with Gasteiger partial charge in [-0.2, -0.15) is 5.10 Å². The highest BCUT2D eigenvalue weighted by molar-refractivity contribution is 9.11. The SMILES string of the molecule is Cc1c(Br)cc(C(C)C)c(OCC(=O)N/N=C/c2cn(Cc3ccccc3)c3ccccc23)c1Br. The molecule has 0 spiro atoms.